The van der Waals surface area contributed by atoms with Gasteiger partial charge in [0.05, 0.1) is 27.8 Å². The molecule has 0 N–H and O–H groups in total. The first-order valence-electron chi connectivity index (χ1n) is 9.32. The number of hydrogen-bond acceptors (Lipinski definition) is 6. The molecule has 1 aliphatic heterocycles. The minimum absolute atomic E-state index is 0.125. The highest BCUT2D eigenvalue weighted by atomic mass is 35.5. The van der Waals surface area contributed by atoms with Gasteiger partial charge in [-0.05, 0) is 66.7 Å². The summed E-state index contributed by atoms with van der Waals surface area (Å²) in [5.41, 5.74) is 1.82. The molecule has 3 rings (SSSR count). The van der Waals surface area contributed by atoms with Crippen LogP contribution in [-0.4, -0.2) is 42.2 Å². The molecule has 2 aromatic carbocycles. The Kier molecular flexibility index (Phi) is 7.40. The number of terminal acetylenes is 1. The number of amides is 1. The highest BCUT2D eigenvalue weighted by Gasteiger charge is 2.30. The van der Waals surface area contributed by atoms with Crippen molar-refractivity contribution < 1.29 is 19.1 Å². The van der Waals surface area contributed by atoms with Crippen LogP contribution >= 0.6 is 23.4 Å². The molecule has 8 heteroatoms. The van der Waals surface area contributed by atoms with Crippen LogP contribution in [0.3, 0.4) is 0 Å². The fourth-order valence-corrected chi connectivity index (χ4v) is 3.87. The smallest absolute Gasteiger partial charge is 0.338 e. The number of carbonyl (C=O) groups is 2. The van der Waals surface area contributed by atoms with Crippen molar-refractivity contribution in [2.24, 2.45) is 4.99 Å². The molecule has 1 aliphatic rings. The maximum Gasteiger partial charge on any atom is 0.338 e. The molecule has 0 aliphatic carbocycles. The van der Waals surface area contributed by atoms with E-state index in [-0.39, 0.29) is 18.5 Å². The Morgan fingerprint density at radius 1 is 1.29 bits per heavy atom. The fraction of sp³-hybridized carbons (Fsp3) is 0.174. The summed E-state index contributed by atoms with van der Waals surface area (Å²) in [6.07, 6.45) is 6.93. The van der Waals surface area contributed by atoms with Gasteiger partial charge in [0.15, 0.2) is 5.17 Å². The number of nitrogens with zero attached hydrogens (tertiary/aromatic N) is 2. The zero-order valence-corrected chi connectivity index (χ0v) is 18.5. The molecule has 6 nitrogen and oxygen atoms in total. The Labute approximate surface area is 189 Å². The number of hydrogen-bond donors (Lipinski definition) is 0. The van der Waals surface area contributed by atoms with E-state index in [0.717, 1.165) is 5.56 Å². The molecule has 0 radical (unpaired) electrons. The number of thioether (sulfide) groups is 1. The van der Waals surface area contributed by atoms with Crippen molar-refractivity contribution in [2.45, 2.75) is 6.92 Å². The quantitative estimate of drug-likeness (QED) is 0.357. The average molecular weight is 455 g/mol. The number of likely N-dealkylation sites (N-methyl/N-ethyl adjacent to an activating group) is 1. The summed E-state index contributed by atoms with van der Waals surface area (Å²) < 4.78 is 10.3. The van der Waals surface area contributed by atoms with Crippen LogP contribution in [0.2, 0.25) is 5.02 Å². The topological polar surface area (TPSA) is 68.2 Å². The van der Waals surface area contributed by atoms with Crippen LogP contribution in [0.25, 0.3) is 6.08 Å². The van der Waals surface area contributed by atoms with Gasteiger partial charge in [-0.2, -0.15) is 0 Å². The van der Waals surface area contributed by atoms with E-state index < -0.39 is 0 Å². The maximum absolute atomic E-state index is 12.6. The highest BCUT2D eigenvalue weighted by molar-refractivity contribution is 8.18. The Bertz CT molecular complexity index is 1100. The maximum atomic E-state index is 12.6. The summed E-state index contributed by atoms with van der Waals surface area (Å²) in [6, 6.07) is 11.9. The summed E-state index contributed by atoms with van der Waals surface area (Å²) in [5.74, 6) is 2.31. The lowest BCUT2D eigenvalue weighted by molar-refractivity contribution is -0.121. The summed E-state index contributed by atoms with van der Waals surface area (Å²) in [4.78, 5) is 30.9. The van der Waals surface area contributed by atoms with Crippen molar-refractivity contribution in [3.05, 3.63) is 63.5 Å². The van der Waals surface area contributed by atoms with E-state index in [4.69, 9.17) is 27.5 Å². The Morgan fingerprint density at radius 2 is 2.03 bits per heavy atom. The highest BCUT2D eigenvalue weighted by Crippen LogP contribution is 2.34. The predicted octanol–water partition coefficient (Wildman–Crippen LogP) is 4.76. The molecule has 0 aromatic heterocycles. The van der Waals surface area contributed by atoms with Crippen molar-refractivity contribution in [2.75, 3.05) is 20.3 Å². The number of halogens is 1. The molecule has 0 atom stereocenters. The van der Waals surface area contributed by atoms with Crippen molar-refractivity contribution in [3.63, 3.8) is 0 Å². The number of carbonyl (C=O) groups excluding carboxylic acids is 2. The second-order valence-electron chi connectivity index (χ2n) is 6.32. The molecule has 0 unspecified atom stereocenters. The third-order valence-corrected chi connectivity index (χ3v) is 5.53. The zero-order valence-electron chi connectivity index (χ0n) is 16.9. The van der Waals surface area contributed by atoms with Crippen molar-refractivity contribution >= 4 is 52.2 Å². The first kappa shape index (κ1) is 22.5. The molecule has 1 fully saturated rings. The van der Waals surface area contributed by atoms with E-state index in [9.17, 15) is 9.59 Å². The average Bonchev–Trinajstić information content (AvgIpc) is 3.01. The Balaban J connectivity index is 1.78. The molecule has 31 heavy (non-hydrogen) atoms. The monoisotopic (exact) mass is 454 g/mol. The van der Waals surface area contributed by atoms with Crippen LogP contribution in [0.15, 0.2) is 52.4 Å². The molecule has 0 spiro atoms. The predicted molar refractivity (Wildman–Crippen MR) is 124 cm³/mol. The van der Waals surface area contributed by atoms with Gasteiger partial charge >= 0.3 is 5.97 Å². The molecule has 2 aromatic rings. The van der Waals surface area contributed by atoms with Crippen LogP contribution in [-0.2, 0) is 9.53 Å². The minimum atomic E-state index is -0.385. The summed E-state index contributed by atoms with van der Waals surface area (Å²) in [6.45, 7) is 2.19. The van der Waals surface area contributed by atoms with Crippen molar-refractivity contribution in [1.29, 1.82) is 0 Å². The van der Waals surface area contributed by atoms with Crippen LogP contribution in [0, 0.1) is 12.3 Å². The van der Waals surface area contributed by atoms with E-state index in [1.165, 1.54) is 16.7 Å². The van der Waals surface area contributed by atoms with Gasteiger partial charge in [-0.15, -0.1) is 6.42 Å². The molecular weight excluding hydrogens is 436 g/mol. The first-order valence-corrected chi connectivity index (χ1v) is 10.5. The van der Waals surface area contributed by atoms with E-state index in [1.807, 2.05) is 0 Å². The standard InChI is InChI=1S/C23H19ClN2O4S/c1-4-12-30-19-11-6-15(13-18(19)24)14-20-21(27)26(3)23(31-20)25-17-9-7-16(8-10-17)22(28)29-5-2/h1,6-11,13-14H,5,12H2,2-3H3/b20-14+,25-23?. The lowest BCUT2D eigenvalue weighted by Crippen LogP contribution is -2.23. The second-order valence-corrected chi connectivity index (χ2v) is 7.74. The molecule has 1 saturated heterocycles. The van der Waals surface area contributed by atoms with Crippen LogP contribution < -0.4 is 4.74 Å². The lowest BCUT2D eigenvalue weighted by atomic mass is 10.2. The second kappa shape index (κ2) is 10.2. The third kappa shape index (κ3) is 5.48. The SMILES string of the molecule is C#CCOc1ccc(/C=C2/SC(=Nc3ccc(C(=O)OCC)cc3)N(C)C2=O)cc1Cl. The zero-order chi connectivity index (χ0) is 22.4. The van der Waals surface area contributed by atoms with Crippen molar-refractivity contribution in [3.8, 4) is 18.1 Å². The minimum Gasteiger partial charge on any atom is -0.479 e. The number of ether oxygens (including phenoxy) is 2. The fourth-order valence-electron chi connectivity index (χ4n) is 2.64. The summed E-state index contributed by atoms with van der Waals surface area (Å²) in [7, 11) is 1.66. The van der Waals surface area contributed by atoms with E-state index in [1.54, 1.807) is 62.5 Å². The molecular formula is C23H19ClN2O4S. The number of aliphatic imine (C=N–C) groups is 1. The van der Waals surface area contributed by atoms with Gasteiger partial charge in [0.1, 0.15) is 12.4 Å². The van der Waals surface area contributed by atoms with Gasteiger partial charge < -0.3 is 9.47 Å². The van der Waals surface area contributed by atoms with Gasteiger partial charge in [0, 0.05) is 7.05 Å². The molecule has 1 heterocycles. The van der Waals surface area contributed by atoms with Gasteiger partial charge in [-0.1, -0.05) is 23.6 Å². The van der Waals surface area contributed by atoms with E-state index >= 15 is 0 Å². The third-order valence-electron chi connectivity index (χ3n) is 4.17. The van der Waals surface area contributed by atoms with Crippen LogP contribution in [0.1, 0.15) is 22.8 Å². The molecule has 1 amide bonds. The molecule has 0 saturated carbocycles. The molecule has 158 valence electrons. The van der Waals surface area contributed by atoms with Gasteiger partial charge in [-0.25, -0.2) is 9.79 Å². The van der Waals surface area contributed by atoms with E-state index in [2.05, 4.69) is 10.9 Å². The first-order chi connectivity index (χ1) is 14.9. The van der Waals surface area contributed by atoms with Gasteiger partial charge in [0.25, 0.3) is 5.91 Å². The van der Waals surface area contributed by atoms with E-state index in [0.29, 0.717) is 38.7 Å². The van der Waals surface area contributed by atoms with Gasteiger partial charge in [-0.3, -0.25) is 9.69 Å². The van der Waals surface area contributed by atoms with Crippen molar-refractivity contribution in [1.82, 2.24) is 4.90 Å². The Hall–Kier alpha value is -3.21. The van der Waals surface area contributed by atoms with Crippen LogP contribution in [0.4, 0.5) is 5.69 Å². The largest absolute Gasteiger partial charge is 0.479 e. The Morgan fingerprint density at radius 3 is 2.68 bits per heavy atom. The number of benzene rings is 2. The summed E-state index contributed by atoms with van der Waals surface area (Å²) in [5, 5.41) is 0.934. The van der Waals surface area contributed by atoms with Gasteiger partial charge in [0.2, 0.25) is 0 Å². The number of amidine groups is 1. The number of esters is 1. The number of rotatable bonds is 6. The molecule has 0 bridgehead atoms. The van der Waals surface area contributed by atoms with Crippen LogP contribution in [0.5, 0.6) is 5.75 Å². The lowest BCUT2D eigenvalue weighted by Gasteiger charge is -2.07. The summed E-state index contributed by atoms with van der Waals surface area (Å²) >= 11 is 7.48. The normalized spacial score (nSPS) is 15.9.